The van der Waals surface area contributed by atoms with Crippen molar-refractivity contribution in [3.8, 4) is 11.4 Å². The quantitative estimate of drug-likeness (QED) is 0.740. The Balaban J connectivity index is 1.47. The van der Waals surface area contributed by atoms with Gasteiger partial charge in [0.1, 0.15) is 5.82 Å². The highest BCUT2D eigenvalue weighted by molar-refractivity contribution is 5.55. The summed E-state index contributed by atoms with van der Waals surface area (Å²) in [6.07, 6.45) is 5.67. The number of hydrogen-bond acceptors (Lipinski definition) is 3. The van der Waals surface area contributed by atoms with E-state index >= 15 is 0 Å². The first kappa shape index (κ1) is 14.9. The molecule has 1 saturated heterocycles. The first-order valence-corrected chi connectivity index (χ1v) is 9.13. The van der Waals surface area contributed by atoms with Gasteiger partial charge in [0, 0.05) is 56.1 Å². The molecular formula is C20H23N5. The van der Waals surface area contributed by atoms with Crippen molar-refractivity contribution in [2.75, 3.05) is 0 Å². The summed E-state index contributed by atoms with van der Waals surface area (Å²) in [5.41, 5.74) is 2.55. The molecular weight excluding hydrogens is 310 g/mol. The molecule has 5 heteroatoms. The van der Waals surface area contributed by atoms with Crippen LogP contribution in [-0.2, 0) is 26.6 Å². The van der Waals surface area contributed by atoms with E-state index in [1.54, 1.807) is 0 Å². The molecule has 5 rings (SSSR count). The van der Waals surface area contributed by atoms with Gasteiger partial charge in [0.25, 0.3) is 0 Å². The van der Waals surface area contributed by atoms with Crippen LogP contribution < -0.4 is 0 Å². The third kappa shape index (κ3) is 2.50. The zero-order valence-corrected chi connectivity index (χ0v) is 14.5. The van der Waals surface area contributed by atoms with Crippen LogP contribution in [0.25, 0.3) is 11.4 Å². The summed E-state index contributed by atoms with van der Waals surface area (Å²) >= 11 is 0. The van der Waals surface area contributed by atoms with Crippen molar-refractivity contribution in [3.05, 3.63) is 60.2 Å². The molecule has 0 radical (unpaired) electrons. The van der Waals surface area contributed by atoms with Crippen LogP contribution >= 0.6 is 0 Å². The lowest BCUT2D eigenvalue weighted by Crippen LogP contribution is -2.37. The lowest BCUT2D eigenvalue weighted by Gasteiger charge is -2.27. The van der Waals surface area contributed by atoms with E-state index in [1.165, 1.54) is 18.5 Å². The zero-order chi connectivity index (χ0) is 16.8. The van der Waals surface area contributed by atoms with Crippen molar-refractivity contribution in [1.29, 1.82) is 0 Å². The van der Waals surface area contributed by atoms with Crippen LogP contribution in [0, 0.1) is 0 Å². The molecule has 1 aromatic carbocycles. The van der Waals surface area contributed by atoms with E-state index in [2.05, 4.69) is 73.9 Å². The van der Waals surface area contributed by atoms with E-state index in [0.717, 1.165) is 36.7 Å². The maximum Gasteiger partial charge on any atom is 0.164 e. The summed E-state index contributed by atoms with van der Waals surface area (Å²) < 4.78 is 4.59. The Morgan fingerprint density at radius 1 is 1.00 bits per heavy atom. The average molecular weight is 333 g/mol. The molecule has 0 amide bonds. The van der Waals surface area contributed by atoms with Gasteiger partial charge in [-0.15, -0.1) is 10.2 Å². The summed E-state index contributed by atoms with van der Waals surface area (Å²) in [7, 11) is 2.14. The van der Waals surface area contributed by atoms with Crippen molar-refractivity contribution in [3.63, 3.8) is 0 Å². The highest BCUT2D eigenvalue weighted by atomic mass is 15.3. The number of aryl methyl sites for hydroxylation is 1. The van der Waals surface area contributed by atoms with E-state index < -0.39 is 0 Å². The second-order valence-corrected chi connectivity index (χ2v) is 7.29. The summed E-state index contributed by atoms with van der Waals surface area (Å²) in [6, 6.07) is 16.0. The smallest absolute Gasteiger partial charge is 0.164 e. The fourth-order valence-electron chi connectivity index (χ4n) is 4.44. The molecule has 5 nitrogen and oxygen atoms in total. The Hall–Kier alpha value is -2.40. The molecule has 128 valence electrons. The zero-order valence-electron chi connectivity index (χ0n) is 14.5. The fraction of sp³-hybridized carbons (Fsp3) is 0.400. The molecule has 1 fully saturated rings. The van der Waals surface area contributed by atoms with Crippen LogP contribution in [0.3, 0.4) is 0 Å². The second kappa shape index (κ2) is 5.85. The number of fused-ring (bicyclic) bond motifs is 3. The molecule has 2 aromatic heterocycles. The molecule has 2 aliphatic rings. The van der Waals surface area contributed by atoms with Crippen molar-refractivity contribution < 1.29 is 0 Å². The molecule has 3 aromatic rings. The Kier molecular flexibility index (Phi) is 3.48. The van der Waals surface area contributed by atoms with Crippen LogP contribution in [0.5, 0.6) is 0 Å². The Labute approximate surface area is 147 Å². The molecule has 2 atom stereocenters. The topological polar surface area (TPSA) is 38.9 Å². The third-order valence-electron chi connectivity index (χ3n) is 5.84. The fourth-order valence-corrected chi connectivity index (χ4v) is 4.44. The van der Waals surface area contributed by atoms with E-state index in [4.69, 9.17) is 0 Å². The van der Waals surface area contributed by atoms with Crippen molar-refractivity contribution >= 4 is 0 Å². The number of hydrogen-bond donors (Lipinski definition) is 0. The predicted molar refractivity (Wildman–Crippen MR) is 96.9 cm³/mol. The minimum atomic E-state index is 0.569. The lowest BCUT2D eigenvalue weighted by molar-refractivity contribution is 0.177. The first-order valence-electron chi connectivity index (χ1n) is 9.13. The molecule has 2 bridgehead atoms. The van der Waals surface area contributed by atoms with Crippen molar-refractivity contribution in [1.82, 2.24) is 24.2 Å². The van der Waals surface area contributed by atoms with Gasteiger partial charge in [0.2, 0.25) is 0 Å². The maximum absolute atomic E-state index is 4.54. The van der Waals surface area contributed by atoms with Crippen LogP contribution in [0.2, 0.25) is 0 Å². The van der Waals surface area contributed by atoms with Gasteiger partial charge in [-0.25, -0.2) is 0 Å². The van der Waals surface area contributed by atoms with Gasteiger partial charge in [-0.2, -0.15) is 0 Å². The van der Waals surface area contributed by atoms with E-state index in [-0.39, 0.29) is 0 Å². The van der Waals surface area contributed by atoms with Gasteiger partial charge in [0.15, 0.2) is 5.82 Å². The molecule has 0 aliphatic carbocycles. The van der Waals surface area contributed by atoms with Gasteiger partial charge in [-0.1, -0.05) is 30.3 Å². The largest absolute Gasteiger partial charge is 0.353 e. The lowest BCUT2D eigenvalue weighted by atomic mass is 10.1. The van der Waals surface area contributed by atoms with Gasteiger partial charge in [-0.05, 0) is 25.0 Å². The van der Waals surface area contributed by atoms with Gasteiger partial charge in [-0.3, -0.25) is 4.90 Å². The molecule has 25 heavy (non-hydrogen) atoms. The minimum absolute atomic E-state index is 0.569. The molecule has 0 unspecified atom stereocenters. The van der Waals surface area contributed by atoms with E-state index in [0.29, 0.717) is 12.1 Å². The van der Waals surface area contributed by atoms with Gasteiger partial charge in [0.05, 0.1) is 0 Å². The van der Waals surface area contributed by atoms with E-state index in [1.807, 2.05) is 6.07 Å². The number of aromatic nitrogens is 4. The Morgan fingerprint density at radius 2 is 1.84 bits per heavy atom. The highest BCUT2D eigenvalue weighted by Crippen LogP contribution is 2.34. The third-order valence-corrected chi connectivity index (χ3v) is 5.84. The summed E-state index contributed by atoms with van der Waals surface area (Å²) in [5, 5.41) is 9.05. The van der Waals surface area contributed by atoms with Crippen LogP contribution in [0.15, 0.2) is 48.7 Å². The van der Waals surface area contributed by atoms with Gasteiger partial charge < -0.3 is 9.13 Å². The van der Waals surface area contributed by atoms with Crippen molar-refractivity contribution in [2.45, 2.75) is 44.4 Å². The Morgan fingerprint density at radius 3 is 2.64 bits per heavy atom. The van der Waals surface area contributed by atoms with Crippen LogP contribution in [0.1, 0.15) is 24.4 Å². The molecule has 0 N–H and O–H groups in total. The van der Waals surface area contributed by atoms with Crippen LogP contribution in [-0.4, -0.2) is 36.3 Å². The second-order valence-electron chi connectivity index (χ2n) is 7.29. The van der Waals surface area contributed by atoms with Crippen LogP contribution in [0.4, 0.5) is 0 Å². The molecule has 2 aliphatic heterocycles. The first-order chi connectivity index (χ1) is 12.3. The number of nitrogens with zero attached hydrogens (tertiary/aromatic N) is 5. The molecule has 0 saturated carbocycles. The number of rotatable bonds is 3. The Bertz CT molecular complexity index is 879. The highest BCUT2D eigenvalue weighted by Gasteiger charge is 2.38. The average Bonchev–Trinajstić information content (AvgIpc) is 3.28. The minimum Gasteiger partial charge on any atom is -0.353 e. The normalized spacial score (nSPS) is 22.8. The van der Waals surface area contributed by atoms with E-state index in [9.17, 15) is 0 Å². The molecule has 4 heterocycles. The predicted octanol–water partition coefficient (Wildman–Crippen LogP) is 2.87. The molecule has 0 spiro atoms. The summed E-state index contributed by atoms with van der Waals surface area (Å²) in [6.45, 7) is 2.02. The van der Waals surface area contributed by atoms with Gasteiger partial charge >= 0.3 is 0 Å². The number of benzene rings is 1. The van der Waals surface area contributed by atoms with Crippen molar-refractivity contribution in [2.24, 2.45) is 7.05 Å². The maximum atomic E-state index is 4.54. The summed E-state index contributed by atoms with van der Waals surface area (Å²) in [5.74, 6) is 2.16. The standard InChI is InChI=1S/C20H23N5/c1-23-11-5-8-17(23)13-24-16-9-10-18(24)14-25-19(12-16)21-22-20(25)15-6-3-2-4-7-15/h2-8,11,16,18H,9-10,12-14H2,1H3/t16-,18+/m0/s1. The monoisotopic (exact) mass is 333 g/mol. The summed E-state index contributed by atoms with van der Waals surface area (Å²) in [4.78, 5) is 2.69. The SMILES string of the molecule is Cn1cccc1CN1[C@@H]2CC[C@H]1Cc1nnc(-c3ccccc3)n1C2.